The molecule has 0 unspecified atom stereocenters. The van der Waals surface area contributed by atoms with E-state index >= 15 is 0 Å². The topological polar surface area (TPSA) is 68.3 Å². The molecule has 0 aliphatic heterocycles. The second-order valence-electron chi connectivity index (χ2n) is 3.50. The van der Waals surface area contributed by atoms with Gasteiger partial charge in [0.2, 0.25) is 0 Å². The third-order valence-corrected chi connectivity index (χ3v) is 2.59. The zero-order chi connectivity index (χ0) is 11.0. The average Bonchev–Trinajstić information content (AvgIpc) is 2.95. The van der Waals surface area contributed by atoms with Crippen molar-refractivity contribution in [3.05, 3.63) is 42.1 Å². The van der Waals surface area contributed by atoms with E-state index in [-0.39, 0.29) is 0 Å². The number of rotatable bonds is 1. The summed E-state index contributed by atoms with van der Waals surface area (Å²) in [5.74, 6) is 0. The number of hydrogen-bond donors (Lipinski definition) is 2. The van der Waals surface area contributed by atoms with Crippen LogP contribution in [0.4, 0.5) is 0 Å². The fourth-order valence-corrected chi connectivity index (χ4v) is 1.86. The van der Waals surface area contributed by atoms with Gasteiger partial charge in [-0.2, -0.15) is 10.4 Å². The summed E-state index contributed by atoms with van der Waals surface area (Å²) in [6, 6.07) is 11.8. The second kappa shape index (κ2) is 3.24. The maximum Gasteiger partial charge on any atom is 0.102 e. The Morgan fingerprint density at radius 3 is 2.81 bits per heavy atom. The number of hydrogen-bond acceptors (Lipinski definition) is 2. The van der Waals surface area contributed by atoms with Crippen molar-refractivity contribution in [2.24, 2.45) is 0 Å². The Morgan fingerprint density at radius 2 is 2.06 bits per heavy atom. The van der Waals surface area contributed by atoms with E-state index in [1.165, 1.54) is 0 Å². The highest BCUT2D eigenvalue weighted by molar-refractivity contribution is 5.92. The van der Waals surface area contributed by atoms with Crippen molar-refractivity contribution in [1.82, 2.24) is 15.2 Å². The normalized spacial score (nSPS) is 10.4. The molecule has 0 fully saturated rings. The number of nitrogens with one attached hydrogen (secondary N) is 2. The first kappa shape index (κ1) is 8.74. The van der Waals surface area contributed by atoms with Crippen LogP contribution in [0.3, 0.4) is 0 Å². The van der Waals surface area contributed by atoms with E-state index < -0.39 is 0 Å². The summed E-state index contributed by atoms with van der Waals surface area (Å²) in [4.78, 5) is 3.22. The molecule has 2 heterocycles. The largest absolute Gasteiger partial charge is 0.352 e. The van der Waals surface area contributed by atoms with Crippen LogP contribution < -0.4 is 0 Å². The molecule has 2 aromatic heterocycles. The highest BCUT2D eigenvalue weighted by Gasteiger charge is 2.12. The molecule has 0 saturated carbocycles. The van der Waals surface area contributed by atoms with Gasteiger partial charge < -0.3 is 4.98 Å². The van der Waals surface area contributed by atoms with E-state index in [9.17, 15) is 5.26 Å². The van der Waals surface area contributed by atoms with Crippen LogP contribution in [0.5, 0.6) is 0 Å². The Kier molecular flexibility index (Phi) is 1.77. The Hall–Kier alpha value is -2.54. The number of aromatic nitrogens is 3. The molecule has 0 atom stereocenters. The highest BCUT2D eigenvalue weighted by Crippen LogP contribution is 2.27. The molecule has 0 spiro atoms. The molecule has 3 aromatic rings. The molecule has 0 aliphatic carbocycles. The summed E-state index contributed by atoms with van der Waals surface area (Å²) >= 11 is 0. The molecule has 0 bridgehead atoms. The summed E-state index contributed by atoms with van der Waals surface area (Å²) in [7, 11) is 0. The number of fused-ring (bicyclic) bond motifs is 1. The Morgan fingerprint density at radius 1 is 1.19 bits per heavy atom. The minimum absolute atomic E-state index is 0.653. The number of aromatic amines is 2. The van der Waals surface area contributed by atoms with Crippen LogP contribution >= 0.6 is 0 Å². The molecular weight excluding hydrogens is 200 g/mol. The van der Waals surface area contributed by atoms with Crippen molar-refractivity contribution >= 4 is 10.9 Å². The first-order valence-corrected chi connectivity index (χ1v) is 4.90. The lowest BCUT2D eigenvalue weighted by molar-refractivity contribution is 1.09. The standard InChI is InChI=1S/C12H8N4/c13-7-9-8-3-1-2-4-10(8)15-12(9)11-5-6-14-16-11/h1-6,15H,(H,14,16). The van der Waals surface area contributed by atoms with Gasteiger partial charge in [-0.15, -0.1) is 0 Å². The molecule has 0 radical (unpaired) electrons. The van der Waals surface area contributed by atoms with Crippen LogP contribution in [0.15, 0.2) is 36.5 Å². The quantitative estimate of drug-likeness (QED) is 0.644. The van der Waals surface area contributed by atoms with Gasteiger partial charge in [0.05, 0.1) is 17.0 Å². The summed E-state index contributed by atoms with van der Waals surface area (Å²) in [6.07, 6.45) is 1.67. The number of para-hydroxylation sites is 1. The van der Waals surface area contributed by atoms with Crippen LogP contribution in [0, 0.1) is 11.3 Å². The Labute approximate surface area is 91.5 Å². The van der Waals surface area contributed by atoms with E-state index in [0.29, 0.717) is 5.56 Å². The fraction of sp³-hybridized carbons (Fsp3) is 0. The van der Waals surface area contributed by atoms with Gasteiger partial charge in [-0.3, -0.25) is 5.10 Å². The second-order valence-corrected chi connectivity index (χ2v) is 3.50. The van der Waals surface area contributed by atoms with Gasteiger partial charge in [-0.05, 0) is 12.1 Å². The van der Waals surface area contributed by atoms with Crippen molar-refractivity contribution in [2.45, 2.75) is 0 Å². The van der Waals surface area contributed by atoms with Crippen molar-refractivity contribution in [3.8, 4) is 17.5 Å². The number of nitrogens with zero attached hydrogens (tertiary/aromatic N) is 2. The summed E-state index contributed by atoms with van der Waals surface area (Å²) in [5.41, 5.74) is 3.23. The summed E-state index contributed by atoms with van der Waals surface area (Å²) in [5, 5.41) is 16.9. The van der Waals surface area contributed by atoms with Crippen LogP contribution in [0.25, 0.3) is 22.3 Å². The minimum Gasteiger partial charge on any atom is -0.352 e. The van der Waals surface area contributed by atoms with Gasteiger partial charge >= 0.3 is 0 Å². The first-order valence-electron chi connectivity index (χ1n) is 4.90. The fourth-order valence-electron chi connectivity index (χ4n) is 1.86. The highest BCUT2D eigenvalue weighted by atomic mass is 15.1. The molecule has 0 amide bonds. The molecule has 3 rings (SSSR count). The first-order chi connectivity index (χ1) is 7.90. The van der Waals surface area contributed by atoms with Gasteiger partial charge in [-0.25, -0.2) is 0 Å². The lowest BCUT2D eigenvalue weighted by atomic mass is 10.1. The maximum absolute atomic E-state index is 9.20. The van der Waals surface area contributed by atoms with Crippen molar-refractivity contribution in [2.75, 3.05) is 0 Å². The number of H-pyrrole nitrogens is 2. The smallest absolute Gasteiger partial charge is 0.102 e. The monoisotopic (exact) mass is 208 g/mol. The van der Waals surface area contributed by atoms with Crippen LogP contribution in [0.1, 0.15) is 5.56 Å². The molecule has 0 aliphatic rings. The predicted molar refractivity (Wildman–Crippen MR) is 60.6 cm³/mol. The Balaban J connectivity index is 2.38. The van der Waals surface area contributed by atoms with E-state index in [2.05, 4.69) is 21.3 Å². The van der Waals surface area contributed by atoms with E-state index in [0.717, 1.165) is 22.3 Å². The van der Waals surface area contributed by atoms with Crippen LogP contribution in [-0.4, -0.2) is 15.2 Å². The molecule has 2 N–H and O–H groups in total. The zero-order valence-electron chi connectivity index (χ0n) is 8.36. The van der Waals surface area contributed by atoms with E-state index in [4.69, 9.17) is 0 Å². The molecular formula is C12H8N4. The van der Waals surface area contributed by atoms with Gasteiger partial charge in [0.25, 0.3) is 0 Å². The van der Waals surface area contributed by atoms with Gasteiger partial charge in [0, 0.05) is 17.1 Å². The molecule has 1 aromatic carbocycles. The summed E-state index contributed by atoms with van der Waals surface area (Å²) in [6.45, 7) is 0. The van der Waals surface area contributed by atoms with Crippen LogP contribution in [0.2, 0.25) is 0 Å². The van der Waals surface area contributed by atoms with Crippen LogP contribution in [-0.2, 0) is 0 Å². The molecule has 4 heteroatoms. The molecule has 4 nitrogen and oxygen atoms in total. The van der Waals surface area contributed by atoms with Crippen molar-refractivity contribution in [3.63, 3.8) is 0 Å². The van der Waals surface area contributed by atoms with Gasteiger partial charge in [-0.1, -0.05) is 18.2 Å². The maximum atomic E-state index is 9.20. The van der Waals surface area contributed by atoms with Crippen molar-refractivity contribution < 1.29 is 0 Å². The minimum atomic E-state index is 0.653. The zero-order valence-corrected chi connectivity index (χ0v) is 8.36. The third kappa shape index (κ3) is 1.12. The molecule has 76 valence electrons. The van der Waals surface area contributed by atoms with Crippen molar-refractivity contribution in [1.29, 1.82) is 5.26 Å². The average molecular weight is 208 g/mol. The molecule has 0 saturated heterocycles. The SMILES string of the molecule is N#Cc1c(-c2ccn[nH]2)[nH]c2ccccc12. The lowest BCUT2D eigenvalue weighted by Gasteiger charge is -1.92. The summed E-state index contributed by atoms with van der Waals surface area (Å²) < 4.78 is 0. The third-order valence-electron chi connectivity index (χ3n) is 2.59. The van der Waals surface area contributed by atoms with Gasteiger partial charge in [0.1, 0.15) is 6.07 Å². The predicted octanol–water partition coefficient (Wildman–Crippen LogP) is 2.43. The van der Waals surface area contributed by atoms with E-state index in [1.807, 2.05) is 30.3 Å². The number of nitriles is 1. The van der Waals surface area contributed by atoms with E-state index in [1.54, 1.807) is 6.20 Å². The lowest BCUT2D eigenvalue weighted by Crippen LogP contribution is -1.81. The van der Waals surface area contributed by atoms with Gasteiger partial charge in [0.15, 0.2) is 0 Å². The Bertz CT molecular complexity index is 671. The molecule has 16 heavy (non-hydrogen) atoms. The number of benzene rings is 1.